The highest BCUT2D eigenvalue weighted by Crippen LogP contribution is 2.26. The van der Waals surface area contributed by atoms with Gasteiger partial charge in [-0.3, -0.25) is 4.79 Å². The zero-order chi connectivity index (χ0) is 13.0. The number of rotatable bonds is 3. The third-order valence-electron chi connectivity index (χ3n) is 3.45. The second-order valence-corrected chi connectivity index (χ2v) is 4.71. The van der Waals surface area contributed by atoms with Gasteiger partial charge in [0.2, 0.25) is 5.91 Å². The summed E-state index contributed by atoms with van der Waals surface area (Å²) in [5, 5.41) is 12.5. The van der Waals surface area contributed by atoms with E-state index in [-0.39, 0.29) is 12.0 Å². The molecule has 0 radical (unpaired) electrons. The van der Waals surface area contributed by atoms with Crippen LogP contribution in [0.4, 0.5) is 5.69 Å². The molecule has 2 rings (SSSR count). The van der Waals surface area contributed by atoms with Crippen molar-refractivity contribution >= 4 is 11.6 Å². The first-order valence-electron chi connectivity index (χ1n) is 6.26. The molecule has 1 aromatic rings. The average Bonchev–Trinajstić information content (AvgIpc) is 2.40. The van der Waals surface area contributed by atoms with Gasteiger partial charge in [0.05, 0.1) is 12.0 Å². The summed E-state index contributed by atoms with van der Waals surface area (Å²) in [4.78, 5) is 11.0. The number of anilines is 1. The van der Waals surface area contributed by atoms with Crippen molar-refractivity contribution in [2.75, 3.05) is 5.32 Å². The predicted molar refractivity (Wildman–Crippen MR) is 69.9 cm³/mol. The Kier molecular flexibility index (Phi) is 3.83. The number of hydrogen-bond donors (Lipinski definition) is 2. The van der Waals surface area contributed by atoms with Crippen LogP contribution in [0, 0.1) is 17.2 Å². The number of hydrogen-bond acceptors (Lipinski definition) is 3. The minimum Gasteiger partial charge on any atom is -0.381 e. The average molecular weight is 243 g/mol. The first-order chi connectivity index (χ1) is 8.70. The van der Waals surface area contributed by atoms with Crippen molar-refractivity contribution in [1.29, 1.82) is 5.26 Å². The van der Waals surface area contributed by atoms with E-state index in [2.05, 4.69) is 11.4 Å². The Morgan fingerprint density at radius 3 is 2.56 bits per heavy atom. The molecule has 0 spiro atoms. The molecule has 2 atom stereocenters. The second-order valence-electron chi connectivity index (χ2n) is 4.71. The summed E-state index contributed by atoms with van der Waals surface area (Å²) in [6.07, 6.45) is 4.29. The zero-order valence-electron chi connectivity index (χ0n) is 10.2. The molecule has 2 unspecified atom stereocenters. The lowest BCUT2D eigenvalue weighted by molar-refractivity contribution is 0.100. The van der Waals surface area contributed by atoms with Crippen molar-refractivity contribution in [2.45, 2.75) is 31.7 Å². The fourth-order valence-corrected chi connectivity index (χ4v) is 2.40. The van der Waals surface area contributed by atoms with Crippen LogP contribution in [-0.2, 0) is 0 Å². The Hall–Kier alpha value is -2.02. The maximum absolute atomic E-state index is 11.0. The van der Waals surface area contributed by atoms with Gasteiger partial charge in [0.25, 0.3) is 0 Å². The summed E-state index contributed by atoms with van der Waals surface area (Å²) in [6.45, 7) is 0. The van der Waals surface area contributed by atoms with E-state index in [0.29, 0.717) is 5.56 Å². The molecule has 0 aromatic heterocycles. The van der Waals surface area contributed by atoms with Gasteiger partial charge in [-0.15, -0.1) is 0 Å². The van der Waals surface area contributed by atoms with Crippen LogP contribution in [0.1, 0.15) is 36.0 Å². The van der Waals surface area contributed by atoms with E-state index < -0.39 is 5.91 Å². The van der Waals surface area contributed by atoms with Crippen LogP contribution in [0.15, 0.2) is 24.3 Å². The number of benzene rings is 1. The standard InChI is InChI=1S/C14H17N3O/c15-9-11-3-1-2-4-13(11)17-12-7-5-10(6-8-12)14(16)18/h5-8,11,13,17H,1-4H2,(H2,16,18). The van der Waals surface area contributed by atoms with Crippen LogP contribution in [0.3, 0.4) is 0 Å². The monoisotopic (exact) mass is 243 g/mol. The molecule has 1 aliphatic carbocycles. The van der Waals surface area contributed by atoms with Crippen LogP contribution in [0.25, 0.3) is 0 Å². The largest absolute Gasteiger partial charge is 0.381 e. The van der Waals surface area contributed by atoms with Gasteiger partial charge in [-0.2, -0.15) is 5.26 Å². The molecule has 3 N–H and O–H groups in total. The van der Waals surface area contributed by atoms with E-state index >= 15 is 0 Å². The Bertz CT molecular complexity index is 461. The molecule has 4 nitrogen and oxygen atoms in total. The SMILES string of the molecule is N#CC1CCCCC1Nc1ccc(C(N)=O)cc1. The van der Waals surface area contributed by atoms with Crippen LogP contribution in [0.2, 0.25) is 0 Å². The summed E-state index contributed by atoms with van der Waals surface area (Å²) in [6, 6.07) is 9.66. The molecule has 1 aromatic carbocycles. The van der Waals surface area contributed by atoms with Crippen molar-refractivity contribution in [3.05, 3.63) is 29.8 Å². The van der Waals surface area contributed by atoms with Crippen molar-refractivity contribution in [3.63, 3.8) is 0 Å². The fraction of sp³-hybridized carbons (Fsp3) is 0.429. The Morgan fingerprint density at radius 1 is 1.28 bits per heavy atom. The molecular formula is C14H17N3O. The maximum Gasteiger partial charge on any atom is 0.248 e. The molecule has 1 saturated carbocycles. The van der Waals surface area contributed by atoms with Gasteiger partial charge < -0.3 is 11.1 Å². The third-order valence-corrected chi connectivity index (χ3v) is 3.45. The minimum absolute atomic E-state index is 0.0783. The van der Waals surface area contributed by atoms with E-state index in [1.165, 1.54) is 0 Å². The van der Waals surface area contributed by atoms with Gasteiger partial charge >= 0.3 is 0 Å². The molecular weight excluding hydrogens is 226 g/mol. The number of carbonyl (C=O) groups is 1. The van der Waals surface area contributed by atoms with Gasteiger partial charge in [0.15, 0.2) is 0 Å². The number of carbonyl (C=O) groups excluding carboxylic acids is 1. The smallest absolute Gasteiger partial charge is 0.248 e. The number of nitriles is 1. The quantitative estimate of drug-likeness (QED) is 0.854. The first kappa shape index (κ1) is 12.4. The maximum atomic E-state index is 11.0. The van der Waals surface area contributed by atoms with Crippen LogP contribution in [-0.4, -0.2) is 11.9 Å². The van der Waals surface area contributed by atoms with Crippen LogP contribution < -0.4 is 11.1 Å². The Labute approximate surface area is 107 Å². The summed E-state index contributed by atoms with van der Waals surface area (Å²) in [7, 11) is 0. The number of nitrogens with one attached hydrogen (secondary N) is 1. The highest BCUT2D eigenvalue weighted by Gasteiger charge is 2.24. The Morgan fingerprint density at radius 2 is 1.94 bits per heavy atom. The zero-order valence-corrected chi connectivity index (χ0v) is 10.2. The second kappa shape index (κ2) is 5.54. The van der Waals surface area contributed by atoms with Crippen molar-refractivity contribution in [1.82, 2.24) is 0 Å². The van der Waals surface area contributed by atoms with E-state index in [9.17, 15) is 4.79 Å². The molecule has 18 heavy (non-hydrogen) atoms. The highest BCUT2D eigenvalue weighted by molar-refractivity contribution is 5.93. The third kappa shape index (κ3) is 2.80. The molecule has 1 fully saturated rings. The van der Waals surface area contributed by atoms with E-state index in [4.69, 9.17) is 11.0 Å². The lowest BCUT2D eigenvalue weighted by Crippen LogP contribution is -2.31. The van der Waals surface area contributed by atoms with E-state index in [1.807, 2.05) is 12.1 Å². The first-order valence-corrected chi connectivity index (χ1v) is 6.26. The van der Waals surface area contributed by atoms with Gasteiger partial charge in [0.1, 0.15) is 0 Å². The predicted octanol–water partition coefficient (Wildman–Crippen LogP) is 2.28. The number of nitrogens with zero attached hydrogens (tertiary/aromatic N) is 1. The number of primary amides is 1. The van der Waals surface area contributed by atoms with Gasteiger partial charge in [-0.25, -0.2) is 0 Å². The summed E-state index contributed by atoms with van der Waals surface area (Å²) < 4.78 is 0. The number of nitrogens with two attached hydrogens (primary N) is 1. The molecule has 94 valence electrons. The summed E-state index contributed by atoms with van der Waals surface area (Å²) in [5.74, 6) is -0.344. The Balaban J connectivity index is 2.04. The molecule has 0 saturated heterocycles. The van der Waals surface area contributed by atoms with E-state index in [0.717, 1.165) is 31.4 Å². The molecule has 1 amide bonds. The molecule has 0 heterocycles. The molecule has 0 aliphatic heterocycles. The van der Waals surface area contributed by atoms with Gasteiger partial charge in [-0.1, -0.05) is 12.8 Å². The lowest BCUT2D eigenvalue weighted by Gasteiger charge is -2.28. The van der Waals surface area contributed by atoms with Gasteiger partial charge in [-0.05, 0) is 37.1 Å². The molecule has 1 aliphatic rings. The fourth-order valence-electron chi connectivity index (χ4n) is 2.40. The lowest BCUT2D eigenvalue weighted by atomic mass is 9.85. The summed E-state index contributed by atoms with van der Waals surface area (Å²) >= 11 is 0. The van der Waals surface area contributed by atoms with Crippen LogP contribution in [0.5, 0.6) is 0 Å². The highest BCUT2D eigenvalue weighted by atomic mass is 16.1. The topological polar surface area (TPSA) is 78.9 Å². The minimum atomic E-state index is -0.422. The van der Waals surface area contributed by atoms with Crippen molar-refractivity contribution < 1.29 is 4.79 Å². The molecule has 0 bridgehead atoms. The van der Waals surface area contributed by atoms with Crippen molar-refractivity contribution in [3.8, 4) is 6.07 Å². The van der Waals surface area contributed by atoms with E-state index in [1.54, 1.807) is 12.1 Å². The molecule has 4 heteroatoms. The van der Waals surface area contributed by atoms with Crippen molar-refractivity contribution in [2.24, 2.45) is 11.7 Å². The number of amides is 1. The van der Waals surface area contributed by atoms with Gasteiger partial charge in [0, 0.05) is 17.3 Å². The normalized spacial score (nSPS) is 23.1. The van der Waals surface area contributed by atoms with Crippen LogP contribution >= 0.6 is 0 Å². The summed E-state index contributed by atoms with van der Waals surface area (Å²) in [5.41, 5.74) is 6.63.